The normalized spacial score (nSPS) is 14.7. The monoisotopic (exact) mass is 261 g/mol. The number of likely N-dealkylation sites (N-methyl/N-ethyl adjacent to an activating group) is 1. The van der Waals surface area contributed by atoms with E-state index in [2.05, 4.69) is 36.0 Å². The van der Waals surface area contributed by atoms with Crippen molar-refractivity contribution in [3.8, 4) is 0 Å². The molecule has 0 saturated carbocycles. The molecule has 19 heavy (non-hydrogen) atoms. The van der Waals surface area contributed by atoms with Gasteiger partial charge in [0.1, 0.15) is 5.82 Å². The molecular weight excluding hydrogens is 238 g/mol. The van der Waals surface area contributed by atoms with Gasteiger partial charge in [-0.3, -0.25) is 0 Å². The number of imidazole rings is 1. The number of hydrogen-bond donors (Lipinski definition) is 1. The summed E-state index contributed by atoms with van der Waals surface area (Å²) >= 11 is 0. The Morgan fingerprint density at radius 2 is 2.11 bits per heavy atom. The third-order valence-corrected chi connectivity index (χ3v) is 3.81. The quantitative estimate of drug-likeness (QED) is 0.866. The number of fused-ring (bicyclic) bond motifs is 1. The van der Waals surface area contributed by atoms with Crippen molar-refractivity contribution in [2.24, 2.45) is 7.05 Å². The average Bonchev–Trinajstić information content (AvgIpc) is 2.76. The molecule has 2 aromatic rings. The van der Waals surface area contributed by atoms with Gasteiger partial charge in [0.05, 0.1) is 17.1 Å². The number of para-hydroxylation sites is 2. The molecule has 104 valence electrons. The van der Waals surface area contributed by atoms with E-state index in [1.54, 1.807) is 7.11 Å². The van der Waals surface area contributed by atoms with Crippen molar-refractivity contribution < 1.29 is 4.74 Å². The van der Waals surface area contributed by atoms with Crippen LogP contribution in [0.1, 0.15) is 19.2 Å². The average molecular weight is 261 g/mol. The maximum atomic E-state index is 5.54. The lowest BCUT2D eigenvalue weighted by Crippen LogP contribution is -2.40. The molecule has 0 aliphatic heterocycles. The van der Waals surface area contributed by atoms with Gasteiger partial charge in [0.15, 0.2) is 0 Å². The summed E-state index contributed by atoms with van der Waals surface area (Å²) in [6, 6.07) is 8.52. The van der Waals surface area contributed by atoms with E-state index in [4.69, 9.17) is 9.72 Å². The van der Waals surface area contributed by atoms with Gasteiger partial charge >= 0.3 is 0 Å². The molecule has 0 spiro atoms. The number of aromatic nitrogens is 2. The number of rotatable bonds is 6. The maximum absolute atomic E-state index is 5.54. The van der Waals surface area contributed by atoms with Gasteiger partial charge in [0, 0.05) is 26.6 Å². The highest BCUT2D eigenvalue weighted by Crippen LogP contribution is 2.17. The Hall–Kier alpha value is -1.39. The summed E-state index contributed by atoms with van der Waals surface area (Å²) < 4.78 is 7.71. The Bertz CT molecular complexity index is 531. The van der Waals surface area contributed by atoms with Crippen molar-refractivity contribution in [2.75, 3.05) is 14.2 Å². The molecule has 1 aromatic heterocycles. The summed E-state index contributed by atoms with van der Waals surface area (Å²) in [6.45, 7) is 2.15. The standard InChI is InChI=1S/C15H23N3O/c1-5-14(19-4)12(16-2)10-15-17-11-8-6-7-9-13(11)18(15)3/h6-9,12,14,16H,5,10H2,1-4H3. The van der Waals surface area contributed by atoms with Gasteiger partial charge in [-0.25, -0.2) is 4.98 Å². The van der Waals surface area contributed by atoms with E-state index in [1.807, 2.05) is 19.2 Å². The first-order chi connectivity index (χ1) is 9.21. The van der Waals surface area contributed by atoms with Crippen molar-refractivity contribution in [3.63, 3.8) is 0 Å². The van der Waals surface area contributed by atoms with E-state index in [9.17, 15) is 0 Å². The van der Waals surface area contributed by atoms with Gasteiger partial charge in [-0.05, 0) is 25.6 Å². The molecule has 0 amide bonds. The molecule has 1 N–H and O–H groups in total. The summed E-state index contributed by atoms with van der Waals surface area (Å²) in [7, 11) is 5.83. The number of nitrogens with one attached hydrogen (secondary N) is 1. The topological polar surface area (TPSA) is 39.1 Å². The number of nitrogens with zero attached hydrogens (tertiary/aromatic N) is 2. The van der Waals surface area contributed by atoms with Gasteiger partial charge in [0.25, 0.3) is 0 Å². The third-order valence-electron chi connectivity index (χ3n) is 3.81. The van der Waals surface area contributed by atoms with E-state index in [1.165, 1.54) is 5.52 Å². The van der Waals surface area contributed by atoms with Crippen LogP contribution in [-0.2, 0) is 18.2 Å². The highest BCUT2D eigenvalue weighted by atomic mass is 16.5. The molecule has 2 rings (SSSR count). The molecule has 4 nitrogen and oxygen atoms in total. The Morgan fingerprint density at radius 3 is 2.68 bits per heavy atom. The summed E-state index contributed by atoms with van der Waals surface area (Å²) in [5.41, 5.74) is 2.23. The van der Waals surface area contributed by atoms with Crippen molar-refractivity contribution in [3.05, 3.63) is 30.1 Å². The zero-order valence-corrected chi connectivity index (χ0v) is 12.2. The Morgan fingerprint density at radius 1 is 1.37 bits per heavy atom. The number of aryl methyl sites for hydroxylation is 1. The minimum absolute atomic E-state index is 0.213. The van der Waals surface area contributed by atoms with Crippen LogP contribution >= 0.6 is 0 Å². The predicted molar refractivity (Wildman–Crippen MR) is 78.4 cm³/mol. The molecule has 0 radical (unpaired) electrons. The largest absolute Gasteiger partial charge is 0.380 e. The molecule has 1 aromatic carbocycles. The molecule has 1 heterocycles. The van der Waals surface area contributed by atoms with E-state index < -0.39 is 0 Å². The van der Waals surface area contributed by atoms with Crippen LogP contribution in [0, 0.1) is 0 Å². The first kappa shape index (κ1) is 14.0. The first-order valence-electron chi connectivity index (χ1n) is 6.81. The fraction of sp³-hybridized carbons (Fsp3) is 0.533. The van der Waals surface area contributed by atoms with Crippen LogP contribution in [-0.4, -0.2) is 35.9 Å². The van der Waals surface area contributed by atoms with Crippen LogP contribution in [0.5, 0.6) is 0 Å². The lowest BCUT2D eigenvalue weighted by Gasteiger charge is -2.24. The van der Waals surface area contributed by atoms with E-state index >= 15 is 0 Å². The SMILES string of the molecule is CCC(OC)C(Cc1nc2ccccc2n1C)NC. The summed E-state index contributed by atoms with van der Waals surface area (Å²) in [6.07, 6.45) is 2.07. The molecule has 2 atom stereocenters. The maximum Gasteiger partial charge on any atom is 0.111 e. The molecule has 0 bridgehead atoms. The Balaban J connectivity index is 2.26. The lowest BCUT2D eigenvalue weighted by atomic mass is 10.0. The number of benzene rings is 1. The van der Waals surface area contributed by atoms with Crippen LogP contribution in [0.25, 0.3) is 11.0 Å². The number of methoxy groups -OCH3 is 1. The zero-order valence-electron chi connectivity index (χ0n) is 12.2. The third kappa shape index (κ3) is 2.80. The van der Waals surface area contributed by atoms with Gasteiger partial charge in [-0.2, -0.15) is 0 Å². The zero-order chi connectivity index (χ0) is 13.8. The van der Waals surface area contributed by atoms with Crippen molar-refractivity contribution >= 4 is 11.0 Å². The fourth-order valence-electron chi connectivity index (χ4n) is 2.61. The molecular formula is C15H23N3O. The second-order valence-corrected chi connectivity index (χ2v) is 4.86. The molecule has 0 saturated heterocycles. The van der Waals surface area contributed by atoms with Crippen molar-refractivity contribution in [1.82, 2.24) is 14.9 Å². The van der Waals surface area contributed by atoms with Crippen molar-refractivity contribution in [2.45, 2.75) is 31.9 Å². The highest BCUT2D eigenvalue weighted by molar-refractivity contribution is 5.75. The molecule has 0 aliphatic rings. The minimum atomic E-state index is 0.213. The van der Waals surface area contributed by atoms with Gasteiger partial charge in [-0.1, -0.05) is 19.1 Å². The van der Waals surface area contributed by atoms with E-state index in [-0.39, 0.29) is 12.1 Å². The predicted octanol–water partition coefficient (Wildman–Crippen LogP) is 2.13. The second kappa shape index (κ2) is 6.17. The number of hydrogen-bond acceptors (Lipinski definition) is 3. The van der Waals surface area contributed by atoms with E-state index in [0.29, 0.717) is 0 Å². The molecule has 2 unspecified atom stereocenters. The molecule has 0 aliphatic carbocycles. The van der Waals surface area contributed by atoms with Crippen LogP contribution in [0.15, 0.2) is 24.3 Å². The van der Waals surface area contributed by atoms with Crippen LogP contribution in [0.3, 0.4) is 0 Å². The summed E-state index contributed by atoms with van der Waals surface area (Å²) in [5, 5.41) is 3.35. The first-order valence-corrected chi connectivity index (χ1v) is 6.81. The smallest absolute Gasteiger partial charge is 0.111 e. The summed E-state index contributed by atoms with van der Waals surface area (Å²) in [4.78, 5) is 4.72. The van der Waals surface area contributed by atoms with Gasteiger partial charge in [-0.15, -0.1) is 0 Å². The summed E-state index contributed by atoms with van der Waals surface area (Å²) in [5.74, 6) is 1.09. The highest BCUT2D eigenvalue weighted by Gasteiger charge is 2.20. The van der Waals surface area contributed by atoms with Crippen LogP contribution in [0.4, 0.5) is 0 Å². The van der Waals surface area contributed by atoms with Gasteiger partial charge < -0.3 is 14.6 Å². The molecule has 0 fully saturated rings. The number of ether oxygens (including phenoxy) is 1. The lowest BCUT2D eigenvalue weighted by molar-refractivity contribution is 0.0670. The fourth-order valence-corrected chi connectivity index (χ4v) is 2.61. The molecule has 4 heteroatoms. The van der Waals surface area contributed by atoms with Crippen LogP contribution < -0.4 is 5.32 Å². The van der Waals surface area contributed by atoms with Crippen molar-refractivity contribution in [1.29, 1.82) is 0 Å². The van der Waals surface area contributed by atoms with E-state index in [0.717, 1.165) is 24.2 Å². The van der Waals surface area contributed by atoms with Gasteiger partial charge in [0.2, 0.25) is 0 Å². The van der Waals surface area contributed by atoms with Crippen LogP contribution in [0.2, 0.25) is 0 Å². The second-order valence-electron chi connectivity index (χ2n) is 4.86. The minimum Gasteiger partial charge on any atom is -0.380 e. The Labute approximate surface area is 114 Å². The Kier molecular flexibility index (Phi) is 4.56.